The number of ether oxygens (including phenoxy) is 1. The number of nitrogens with one attached hydrogen (secondary N) is 1. The third-order valence-corrected chi connectivity index (χ3v) is 5.90. The van der Waals surface area contributed by atoms with Crippen LogP contribution < -0.4 is 5.32 Å². The molecule has 4 nitrogen and oxygen atoms in total. The molecule has 7 heteroatoms. The molecule has 1 aromatic heterocycles. The summed E-state index contributed by atoms with van der Waals surface area (Å²) in [5, 5.41) is 3.64. The minimum absolute atomic E-state index is 0.137. The average Bonchev–Trinajstić information content (AvgIpc) is 3.42. The van der Waals surface area contributed by atoms with Crippen molar-refractivity contribution in [3.63, 3.8) is 0 Å². The molecule has 0 spiro atoms. The predicted molar refractivity (Wildman–Crippen MR) is 103 cm³/mol. The highest BCUT2D eigenvalue weighted by Gasteiger charge is 2.32. The fourth-order valence-electron chi connectivity index (χ4n) is 2.74. The van der Waals surface area contributed by atoms with Crippen LogP contribution >= 0.6 is 22.9 Å². The number of rotatable bonds is 5. The Hall–Kier alpha value is -2.44. The lowest BCUT2D eigenvalue weighted by Crippen LogP contribution is -2.33. The average molecular weight is 404 g/mol. The summed E-state index contributed by atoms with van der Waals surface area (Å²) in [6, 6.07) is 13.1. The van der Waals surface area contributed by atoms with Crippen molar-refractivity contribution in [1.82, 2.24) is 5.32 Å². The third kappa shape index (κ3) is 3.82. The number of carbonyl (C=O) groups excluding carboxylic acids is 2. The maximum Gasteiger partial charge on any atom is 0.351 e. The molecule has 0 unspecified atom stereocenters. The van der Waals surface area contributed by atoms with Gasteiger partial charge in [0.1, 0.15) is 10.7 Å². The summed E-state index contributed by atoms with van der Waals surface area (Å²) in [6.07, 6.45) is 0.779. The summed E-state index contributed by atoms with van der Waals surface area (Å²) in [5.41, 5.74) is 0.576. The van der Waals surface area contributed by atoms with E-state index in [1.165, 1.54) is 18.2 Å². The number of esters is 1. The van der Waals surface area contributed by atoms with Crippen LogP contribution in [-0.2, 0) is 9.53 Å². The molecule has 1 N–H and O–H groups in total. The zero-order valence-electron chi connectivity index (χ0n) is 14.1. The minimum atomic E-state index is -1.07. The Balaban J connectivity index is 1.63. The van der Waals surface area contributed by atoms with Gasteiger partial charge in [-0.15, -0.1) is 11.3 Å². The van der Waals surface area contributed by atoms with E-state index < -0.39 is 17.9 Å². The molecule has 0 aliphatic heterocycles. The number of hydrogen-bond donors (Lipinski definition) is 1. The Morgan fingerprint density at radius 1 is 1.19 bits per heavy atom. The smallest absolute Gasteiger partial charge is 0.351 e. The van der Waals surface area contributed by atoms with Crippen molar-refractivity contribution in [3.8, 4) is 0 Å². The minimum Gasteiger partial charge on any atom is -0.443 e. The van der Waals surface area contributed by atoms with Gasteiger partial charge in [-0.05, 0) is 31.0 Å². The van der Waals surface area contributed by atoms with E-state index in [4.69, 9.17) is 16.3 Å². The number of halogens is 2. The Labute approximate surface area is 163 Å². The number of thiophene rings is 1. The Kier molecular flexibility index (Phi) is 4.85. The van der Waals surface area contributed by atoms with Crippen LogP contribution in [0.4, 0.5) is 4.39 Å². The fraction of sp³-hybridized carbons (Fsp3) is 0.200. The largest absolute Gasteiger partial charge is 0.443 e. The van der Waals surface area contributed by atoms with Gasteiger partial charge >= 0.3 is 5.97 Å². The summed E-state index contributed by atoms with van der Waals surface area (Å²) in [4.78, 5) is 25.5. The molecule has 1 amide bonds. The van der Waals surface area contributed by atoms with Crippen LogP contribution in [0.1, 0.15) is 34.2 Å². The Morgan fingerprint density at radius 3 is 2.63 bits per heavy atom. The van der Waals surface area contributed by atoms with Gasteiger partial charge in [-0.2, -0.15) is 0 Å². The van der Waals surface area contributed by atoms with Crippen molar-refractivity contribution >= 4 is 44.9 Å². The van der Waals surface area contributed by atoms with Crippen LogP contribution in [0, 0.1) is 5.82 Å². The SMILES string of the molecule is O=C(O[C@@H](C(=O)NC1CC1)c1ccccc1)c1sc2cc(F)ccc2c1Cl. The maximum atomic E-state index is 13.4. The van der Waals surface area contributed by atoms with Gasteiger partial charge in [0.2, 0.25) is 6.10 Å². The lowest BCUT2D eigenvalue weighted by molar-refractivity contribution is -0.130. The van der Waals surface area contributed by atoms with E-state index >= 15 is 0 Å². The third-order valence-electron chi connectivity index (χ3n) is 4.27. The van der Waals surface area contributed by atoms with Gasteiger partial charge in [0.05, 0.1) is 5.02 Å². The van der Waals surface area contributed by atoms with Crippen molar-refractivity contribution in [3.05, 3.63) is 69.8 Å². The van der Waals surface area contributed by atoms with Crippen molar-refractivity contribution in [2.45, 2.75) is 25.0 Å². The molecule has 1 saturated carbocycles. The second-order valence-electron chi connectivity index (χ2n) is 6.36. The van der Waals surface area contributed by atoms with Gasteiger partial charge < -0.3 is 10.1 Å². The van der Waals surface area contributed by atoms with E-state index in [1.54, 1.807) is 24.3 Å². The van der Waals surface area contributed by atoms with E-state index in [1.807, 2.05) is 6.07 Å². The van der Waals surface area contributed by atoms with Gasteiger partial charge in [0, 0.05) is 21.7 Å². The molecular weight excluding hydrogens is 389 g/mol. The van der Waals surface area contributed by atoms with Gasteiger partial charge in [-0.1, -0.05) is 41.9 Å². The molecular formula is C20H15ClFNO3S. The van der Waals surface area contributed by atoms with Crippen LogP contribution in [0.15, 0.2) is 48.5 Å². The highest BCUT2D eigenvalue weighted by Crippen LogP contribution is 2.37. The van der Waals surface area contributed by atoms with Crippen molar-refractivity contribution in [2.75, 3.05) is 0 Å². The lowest BCUT2D eigenvalue weighted by atomic mass is 10.1. The van der Waals surface area contributed by atoms with Crippen LogP contribution in [-0.4, -0.2) is 17.9 Å². The highest BCUT2D eigenvalue weighted by atomic mass is 35.5. The topological polar surface area (TPSA) is 55.4 Å². The van der Waals surface area contributed by atoms with Gasteiger partial charge in [0.25, 0.3) is 5.91 Å². The van der Waals surface area contributed by atoms with Crippen LogP contribution in [0.5, 0.6) is 0 Å². The second-order valence-corrected chi connectivity index (χ2v) is 7.79. The summed E-state index contributed by atoms with van der Waals surface area (Å²) in [7, 11) is 0. The monoisotopic (exact) mass is 403 g/mol. The van der Waals surface area contributed by atoms with E-state index in [0.29, 0.717) is 15.6 Å². The number of carbonyl (C=O) groups is 2. The summed E-state index contributed by atoms with van der Waals surface area (Å²) < 4.78 is 19.5. The Bertz CT molecular complexity index is 1020. The van der Waals surface area contributed by atoms with Crippen LogP contribution in [0.2, 0.25) is 5.02 Å². The van der Waals surface area contributed by atoms with Crippen molar-refractivity contribution in [2.24, 2.45) is 0 Å². The van der Waals surface area contributed by atoms with Crippen LogP contribution in [0.25, 0.3) is 10.1 Å². The predicted octanol–water partition coefficient (Wildman–Crippen LogP) is 4.87. The molecule has 138 valence electrons. The maximum absolute atomic E-state index is 13.4. The normalized spacial score (nSPS) is 14.7. The first-order valence-corrected chi connectivity index (χ1v) is 9.66. The van der Waals surface area contributed by atoms with E-state index in [-0.39, 0.29) is 21.8 Å². The zero-order valence-corrected chi connectivity index (χ0v) is 15.6. The summed E-state index contributed by atoms with van der Waals surface area (Å²) in [5.74, 6) is -1.48. The molecule has 1 atom stereocenters. The molecule has 0 saturated heterocycles. The van der Waals surface area contributed by atoms with Gasteiger partial charge in [-0.25, -0.2) is 9.18 Å². The Morgan fingerprint density at radius 2 is 1.93 bits per heavy atom. The number of fused-ring (bicyclic) bond motifs is 1. The van der Waals surface area contributed by atoms with E-state index in [2.05, 4.69) is 5.32 Å². The second kappa shape index (κ2) is 7.29. The molecule has 27 heavy (non-hydrogen) atoms. The first kappa shape index (κ1) is 17.9. The van der Waals surface area contributed by atoms with E-state index in [9.17, 15) is 14.0 Å². The molecule has 2 aromatic carbocycles. The highest BCUT2D eigenvalue weighted by molar-refractivity contribution is 7.21. The molecule has 4 rings (SSSR count). The standard InChI is InChI=1S/C20H15ClFNO3S/c21-16-14-9-6-12(22)10-15(14)27-18(16)20(25)26-17(11-4-2-1-3-5-11)19(24)23-13-7-8-13/h1-6,9-10,13,17H,7-8H2,(H,23,24)/t17-/m1/s1. The number of hydrogen-bond acceptors (Lipinski definition) is 4. The molecule has 3 aromatic rings. The van der Waals surface area contributed by atoms with Gasteiger partial charge in [-0.3, -0.25) is 4.79 Å². The summed E-state index contributed by atoms with van der Waals surface area (Å²) in [6.45, 7) is 0. The molecule has 1 aliphatic rings. The molecule has 1 heterocycles. The first-order chi connectivity index (χ1) is 13.0. The first-order valence-electron chi connectivity index (χ1n) is 8.47. The zero-order chi connectivity index (χ0) is 19.0. The number of benzene rings is 2. The summed E-state index contributed by atoms with van der Waals surface area (Å²) >= 11 is 7.34. The van der Waals surface area contributed by atoms with Gasteiger partial charge in [0.15, 0.2) is 0 Å². The molecule has 1 aliphatic carbocycles. The fourth-order valence-corrected chi connectivity index (χ4v) is 4.15. The quantitative estimate of drug-likeness (QED) is 0.618. The molecule has 0 radical (unpaired) electrons. The van der Waals surface area contributed by atoms with Crippen LogP contribution in [0.3, 0.4) is 0 Å². The lowest BCUT2D eigenvalue weighted by Gasteiger charge is -2.17. The van der Waals surface area contributed by atoms with Crippen molar-refractivity contribution < 1.29 is 18.7 Å². The van der Waals surface area contributed by atoms with E-state index in [0.717, 1.165) is 24.2 Å². The molecule has 1 fully saturated rings. The van der Waals surface area contributed by atoms with Crippen molar-refractivity contribution in [1.29, 1.82) is 0 Å². The molecule has 0 bridgehead atoms. The number of amides is 1.